The van der Waals surface area contributed by atoms with Crippen LogP contribution in [0.3, 0.4) is 0 Å². The van der Waals surface area contributed by atoms with E-state index in [1.54, 1.807) is 11.7 Å². The first-order chi connectivity index (χ1) is 8.47. The molecule has 0 bridgehead atoms. The lowest BCUT2D eigenvalue weighted by Gasteiger charge is -2.05. The number of benzene rings is 1. The predicted molar refractivity (Wildman–Crippen MR) is 60.1 cm³/mol. The molecule has 1 aromatic heterocycles. The van der Waals surface area contributed by atoms with Gasteiger partial charge in [-0.05, 0) is 24.3 Å². The van der Waals surface area contributed by atoms with E-state index in [1.807, 2.05) is 0 Å². The van der Waals surface area contributed by atoms with Crippen molar-refractivity contribution in [1.82, 2.24) is 14.8 Å². The highest BCUT2D eigenvalue weighted by atomic mass is 32.3. The number of ether oxygens (including phenoxy) is 1. The van der Waals surface area contributed by atoms with Crippen LogP contribution in [-0.4, -0.2) is 23.2 Å². The second-order valence-electron chi connectivity index (χ2n) is 3.50. The van der Waals surface area contributed by atoms with Crippen LogP contribution in [-0.2, 0) is 23.9 Å². The van der Waals surface area contributed by atoms with Gasteiger partial charge in [0.2, 0.25) is 0 Å². The third-order valence-corrected chi connectivity index (χ3v) is 3.11. The van der Waals surface area contributed by atoms with Crippen LogP contribution < -0.4 is 4.74 Å². The fourth-order valence-electron chi connectivity index (χ4n) is 1.30. The average molecular weight is 271 g/mol. The van der Waals surface area contributed by atoms with Crippen molar-refractivity contribution in [3.05, 3.63) is 36.4 Å². The highest BCUT2D eigenvalue weighted by Crippen LogP contribution is 2.18. The quantitative estimate of drug-likeness (QED) is 0.777. The Morgan fingerprint density at radius 3 is 2.50 bits per heavy atom. The molecule has 0 aliphatic carbocycles. The number of aromatic nitrogens is 3. The van der Waals surface area contributed by atoms with Gasteiger partial charge < -0.3 is 4.74 Å². The van der Waals surface area contributed by atoms with E-state index in [-0.39, 0.29) is 6.61 Å². The summed E-state index contributed by atoms with van der Waals surface area (Å²) in [5.74, 6) is 1.04. The highest BCUT2D eigenvalue weighted by molar-refractivity contribution is 7.86. The molecule has 0 aliphatic rings. The van der Waals surface area contributed by atoms with Crippen molar-refractivity contribution in [1.29, 1.82) is 0 Å². The van der Waals surface area contributed by atoms with Crippen molar-refractivity contribution < 1.29 is 17.0 Å². The molecule has 0 spiro atoms. The maximum atomic E-state index is 12.6. The molecular weight excluding hydrogens is 261 g/mol. The number of hydrogen-bond acceptors (Lipinski definition) is 5. The Hall–Kier alpha value is -1.96. The van der Waals surface area contributed by atoms with Gasteiger partial charge in [0, 0.05) is 7.05 Å². The molecule has 6 nitrogen and oxygen atoms in total. The van der Waals surface area contributed by atoms with Crippen molar-refractivity contribution in [3.63, 3.8) is 0 Å². The summed E-state index contributed by atoms with van der Waals surface area (Å²) in [6.07, 6.45) is 1.40. The van der Waals surface area contributed by atoms with E-state index in [1.165, 1.54) is 18.5 Å². The average Bonchev–Trinajstić information content (AvgIpc) is 2.72. The molecule has 0 saturated heterocycles. The summed E-state index contributed by atoms with van der Waals surface area (Å²) in [6, 6.07) is 5.04. The van der Waals surface area contributed by atoms with Crippen molar-refractivity contribution in [2.45, 2.75) is 11.5 Å². The van der Waals surface area contributed by atoms with E-state index in [9.17, 15) is 12.3 Å². The zero-order valence-electron chi connectivity index (χ0n) is 9.45. The van der Waals surface area contributed by atoms with Crippen LogP contribution in [0.2, 0.25) is 0 Å². The minimum absolute atomic E-state index is 0.193. The lowest BCUT2D eigenvalue weighted by Crippen LogP contribution is -2.04. The van der Waals surface area contributed by atoms with Gasteiger partial charge in [0.25, 0.3) is 0 Å². The Morgan fingerprint density at radius 2 is 2.00 bits per heavy atom. The molecule has 0 radical (unpaired) electrons. The number of halogens is 1. The van der Waals surface area contributed by atoms with E-state index in [0.717, 1.165) is 12.1 Å². The second-order valence-corrected chi connectivity index (χ2v) is 4.84. The monoisotopic (exact) mass is 271 g/mol. The largest absolute Gasteiger partial charge is 0.486 e. The summed E-state index contributed by atoms with van der Waals surface area (Å²) < 4.78 is 40.7. The van der Waals surface area contributed by atoms with Crippen LogP contribution in [0.5, 0.6) is 5.75 Å². The highest BCUT2D eigenvalue weighted by Gasteiger charge is 2.11. The number of nitrogens with zero attached hydrogens (tertiary/aromatic N) is 3. The molecule has 0 amide bonds. The molecule has 8 heteroatoms. The van der Waals surface area contributed by atoms with Gasteiger partial charge >= 0.3 is 10.2 Å². The summed E-state index contributed by atoms with van der Waals surface area (Å²) in [5.41, 5.74) is 0. The normalized spacial score (nSPS) is 11.4. The maximum Gasteiger partial charge on any atom is 0.332 e. The van der Waals surface area contributed by atoms with Crippen molar-refractivity contribution >= 4 is 10.2 Å². The molecule has 0 fully saturated rings. The SMILES string of the molecule is Cn1ncnc1COc1ccc(S(=O)(=O)F)cc1. The van der Waals surface area contributed by atoms with Gasteiger partial charge in [-0.2, -0.15) is 13.5 Å². The predicted octanol–water partition coefficient (Wildman–Crippen LogP) is 1.05. The fraction of sp³-hybridized carbons (Fsp3) is 0.200. The Bertz CT molecular complexity index is 637. The number of aryl methyl sites for hydroxylation is 1. The third kappa shape index (κ3) is 2.83. The van der Waals surface area contributed by atoms with Crippen LogP contribution in [0, 0.1) is 0 Å². The van der Waals surface area contributed by atoms with E-state index in [2.05, 4.69) is 10.1 Å². The van der Waals surface area contributed by atoms with Crippen molar-refractivity contribution in [2.24, 2.45) is 7.05 Å². The first kappa shape index (κ1) is 12.5. The van der Waals surface area contributed by atoms with E-state index in [4.69, 9.17) is 4.74 Å². The first-order valence-corrected chi connectivity index (χ1v) is 6.35. The molecule has 1 aromatic carbocycles. The van der Waals surface area contributed by atoms with Gasteiger partial charge in [0.15, 0.2) is 5.82 Å². The van der Waals surface area contributed by atoms with Crippen LogP contribution in [0.4, 0.5) is 3.89 Å². The lowest BCUT2D eigenvalue weighted by atomic mass is 10.3. The van der Waals surface area contributed by atoms with E-state index in [0.29, 0.717) is 11.6 Å². The Kier molecular flexibility index (Phi) is 3.28. The van der Waals surface area contributed by atoms with Crippen LogP contribution in [0.15, 0.2) is 35.5 Å². The lowest BCUT2D eigenvalue weighted by molar-refractivity contribution is 0.289. The van der Waals surface area contributed by atoms with Gasteiger partial charge in [-0.15, -0.1) is 3.89 Å². The Labute approximate surface area is 103 Å². The molecule has 0 atom stereocenters. The molecule has 0 unspecified atom stereocenters. The smallest absolute Gasteiger partial charge is 0.332 e. The number of hydrogen-bond donors (Lipinski definition) is 0. The molecule has 1 heterocycles. The molecular formula is C10H10FN3O3S. The van der Waals surface area contributed by atoms with Gasteiger partial charge in [0.1, 0.15) is 18.7 Å². The Balaban J connectivity index is 2.05. The summed E-state index contributed by atoms with van der Waals surface area (Å²) in [5, 5.41) is 3.87. The first-order valence-electron chi connectivity index (χ1n) is 4.97. The van der Waals surface area contributed by atoms with Crippen molar-refractivity contribution in [2.75, 3.05) is 0 Å². The van der Waals surface area contributed by atoms with Crippen molar-refractivity contribution in [3.8, 4) is 5.75 Å². The number of rotatable bonds is 4. The molecule has 2 rings (SSSR count). The fourth-order valence-corrected chi connectivity index (χ4v) is 1.76. The van der Waals surface area contributed by atoms with Gasteiger partial charge in [-0.3, -0.25) is 4.68 Å². The molecule has 0 N–H and O–H groups in total. The third-order valence-electron chi connectivity index (χ3n) is 2.28. The van der Waals surface area contributed by atoms with Crippen LogP contribution >= 0.6 is 0 Å². The van der Waals surface area contributed by atoms with Crippen LogP contribution in [0.25, 0.3) is 0 Å². The minimum atomic E-state index is -4.67. The van der Waals surface area contributed by atoms with E-state index >= 15 is 0 Å². The molecule has 0 saturated carbocycles. The van der Waals surface area contributed by atoms with E-state index < -0.39 is 15.1 Å². The second kappa shape index (κ2) is 4.73. The molecule has 0 aliphatic heterocycles. The van der Waals surface area contributed by atoms with Gasteiger partial charge in [-0.1, -0.05) is 0 Å². The Morgan fingerprint density at radius 1 is 1.33 bits per heavy atom. The summed E-state index contributed by atoms with van der Waals surface area (Å²) in [7, 11) is -2.94. The minimum Gasteiger partial charge on any atom is -0.486 e. The van der Waals surface area contributed by atoms with Gasteiger partial charge in [-0.25, -0.2) is 4.98 Å². The molecule has 96 valence electrons. The summed E-state index contributed by atoms with van der Waals surface area (Å²) in [6.45, 7) is 0.193. The summed E-state index contributed by atoms with van der Waals surface area (Å²) >= 11 is 0. The molecule has 18 heavy (non-hydrogen) atoms. The standard InChI is InChI=1S/C10H10FN3O3S/c1-14-10(12-7-13-14)6-17-8-2-4-9(5-3-8)18(11,15)16/h2-5,7H,6H2,1H3. The zero-order valence-corrected chi connectivity index (χ0v) is 10.3. The van der Waals surface area contributed by atoms with Gasteiger partial charge in [0.05, 0.1) is 4.90 Å². The maximum absolute atomic E-state index is 12.6. The van der Waals surface area contributed by atoms with Crippen LogP contribution in [0.1, 0.15) is 5.82 Å². The zero-order chi connectivity index (χ0) is 13.2. The topological polar surface area (TPSA) is 74.1 Å². The molecule has 2 aromatic rings. The summed E-state index contributed by atoms with van der Waals surface area (Å²) in [4.78, 5) is 3.56.